The third-order valence-electron chi connectivity index (χ3n) is 4.20. The number of halogens is 1. The fraction of sp³-hybridized carbons (Fsp3) is 0.421. The lowest BCUT2D eigenvalue weighted by Crippen LogP contribution is -2.35. The smallest absolute Gasteiger partial charge is 0.333 e. The van der Waals surface area contributed by atoms with Crippen LogP contribution in [-0.2, 0) is 10.0 Å². The summed E-state index contributed by atoms with van der Waals surface area (Å²) in [5.41, 5.74) is 1.57. The fourth-order valence-electron chi connectivity index (χ4n) is 2.70. The molecule has 0 spiro atoms. The van der Waals surface area contributed by atoms with Gasteiger partial charge in [-0.25, -0.2) is 32.3 Å². The van der Waals surface area contributed by atoms with E-state index in [9.17, 15) is 17.6 Å². The zero-order valence-corrected chi connectivity index (χ0v) is 18.1. The first kappa shape index (κ1) is 22.5. The standard InChI is InChI=1S/C19H26FN5O3S/c1-11(2)15-7-13(20)8-16(12(3)4)17(15)23-19(26)24-29(27,28)14-9-21-18(22-10-14)25(5)6/h7-12H,1-6H3,(H2,23,24,26). The maximum Gasteiger partial charge on any atom is 0.333 e. The Balaban J connectivity index is 2.30. The van der Waals surface area contributed by atoms with Gasteiger partial charge < -0.3 is 10.2 Å². The fourth-order valence-corrected chi connectivity index (χ4v) is 3.50. The predicted octanol–water partition coefficient (Wildman–Crippen LogP) is 3.44. The highest BCUT2D eigenvalue weighted by Crippen LogP contribution is 2.33. The van der Waals surface area contributed by atoms with Gasteiger partial charge >= 0.3 is 6.03 Å². The minimum Gasteiger partial charge on any atom is -0.347 e. The lowest BCUT2D eigenvalue weighted by molar-refractivity contribution is 0.256. The maximum atomic E-state index is 14.0. The number of aromatic nitrogens is 2. The molecule has 2 rings (SSSR count). The number of hydrogen-bond acceptors (Lipinski definition) is 6. The molecule has 1 aromatic carbocycles. The minimum atomic E-state index is -4.18. The van der Waals surface area contributed by atoms with Gasteiger partial charge in [-0.2, -0.15) is 0 Å². The van der Waals surface area contributed by atoms with Gasteiger partial charge in [0, 0.05) is 19.8 Å². The number of carbonyl (C=O) groups is 1. The molecule has 8 nitrogen and oxygen atoms in total. The highest BCUT2D eigenvalue weighted by Gasteiger charge is 2.22. The van der Waals surface area contributed by atoms with Crippen LogP contribution in [0.4, 0.5) is 20.8 Å². The molecule has 29 heavy (non-hydrogen) atoms. The van der Waals surface area contributed by atoms with Gasteiger partial charge in [0.05, 0.1) is 12.4 Å². The SMILES string of the molecule is CC(C)c1cc(F)cc(C(C)C)c1NC(=O)NS(=O)(=O)c1cnc(N(C)C)nc1. The van der Waals surface area contributed by atoms with Crippen LogP contribution in [0.5, 0.6) is 0 Å². The Morgan fingerprint density at radius 1 is 1.03 bits per heavy atom. The molecular formula is C19H26FN5O3S. The van der Waals surface area contributed by atoms with E-state index in [0.717, 1.165) is 12.4 Å². The number of nitrogens with one attached hydrogen (secondary N) is 2. The van der Waals surface area contributed by atoms with Gasteiger partial charge in [0.15, 0.2) is 0 Å². The summed E-state index contributed by atoms with van der Waals surface area (Å²) in [6.07, 6.45) is 2.24. The first-order valence-corrected chi connectivity index (χ1v) is 10.6. The van der Waals surface area contributed by atoms with Crippen molar-refractivity contribution in [2.75, 3.05) is 24.3 Å². The Kier molecular flexibility index (Phi) is 6.78. The molecule has 1 heterocycles. The Morgan fingerprint density at radius 2 is 1.52 bits per heavy atom. The number of anilines is 2. The normalized spacial score (nSPS) is 11.6. The Hall–Kier alpha value is -2.75. The number of amides is 2. The van der Waals surface area contributed by atoms with Crippen LogP contribution in [0.15, 0.2) is 29.4 Å². The summed E-state index contributed by atoms with van der Waals surface area (Å²) in [5.74, 6) is -0.235. The summed E-state index contributed by atoms with van der Waals surface area (Å²) in [5, 5.41) is 2.58. The van der Waals surface area contributed by atoms with Crippen LogP contribution in [-0.4, -0.2) is 38.5 Å². The number of hydrogen-bond donors (Lipinski definition) is 2. The average Bonchev–Trinajstić information content (AvgIpc) is 2.62. The van der Waals surface area contributed by atoms with Crippen LogP contribution in [0.25, 0.3) is 0 Å². The second-order valence-corrected chi connectivity index (χ2v) is 9.12. The molecule has 2 amide bonds. The molecular weight excluding hydrogens is 397 g/mol. The molecule has 0 aliphatic heterocycles. The highest BCUT2D eigenvalue weighted by atomic mass is 32.2. The summed E-state index contributed by atoms with van der Waals surface area (Å²) >= 11 is 0. The molecule has 2 aromatic rings. The average molecular weight is 424 g/mol. The second-order valence-electron chi connectivity index (χ2n) is 7.44. The van der Waals surface area contributed by atoms with E-state index in [-0.39, 0.29) is 16.7 Å². The number of urea groups is 1. The van der Waals surface area contributed by atoms with Crippen LogP contribution in [0.3, 0.4) is 0 Å². The minimum absolute atomic E-state index is 0.0814. The Bertz CT molecular complexity index is 960. The summed E-state index contributed by atoms with van der Waals surface area (Å²) < 4.78 is 40.9. The zero-order valence-electron chi connectivity index (χ0n) is 17.3. The lowest BCUT2D eigenvalue weighted by atomic mass is 9.92. The first-order valence-electron chi connectivity index (χ1n) is 9.09. The van der Waals surface area contributed by atoms with Crippen LogP contribution < -0.4 is 14.9 Å². The van der Waals surface area contributed by atoms with E-state index < -0.39 is 21.9 Å². The van der Waals surface area contributed by atoms with Crippen molar-refractivity contribution in [2.45, 2.75) is 44.4 Å². The molecule has 0 aliphatic rings. The molecule has 10 heteroatoms. The number of sulfonamides is 1. The zero-order chi connectivity index (χ0) is 21.9. The molecule has 1 aromatic heterocycles. The topological polar surface area (TPSA) is 104 Å². The summed E-state index contributed by atoms with van der Waals surface area (Å²) in [4.78, 5) is 21.7. The molecule has 0 fully saturated rings. The van der Waals surface area contributed by atoms with Crippen molar-refractivity contribution >= 4 is 27.7 Å². The van der Waals surface area contributed by atoms with E-state index >= 15 is 0 Å². The highest BCUT2D eigenvalue weighted by molar-refractivity contribution is 7.90. The van der Waals surface area contributed by atoms with Gasteiger partial charge in [-0.1, -0.05) is 27.7 Å². The van der Waals surface area contributed by atoms with Crippen molar-refractivity contribution in [2.24, 2.45) is 0 Å². The van der Waals surface area contributed by atoms with Crippen LogP contribution in [0.2, 0.25) is 0 Å². The van der Waals surface area contributed by atoms with Crippen LogP contribution in [0, 0.1) is 5.82 Å². The Morgan fingerprint density at radius 3 is 1.93 bits per heavy atom. The van der Waals surface area contributed by atoms with Gasteiger partial charge in [0.25, 0.3) is 10.0 Å². The monoisotopic (exact) mass is 423 g/mol. The molecule has 2 N–H and O–H groups in total. The van der Waals surface area contributed by atoms with Crippen molar-refractivity contribution in [3.63, 3.8) is 0 Å². The largest absolute Gasteiger partial charge is 0.347 e. The molecule has 0 unspecified atom stereocenters. The third kappa shape index (κ3) is 5.41. The van der Waals surface area contributed by atoms with Gasteiger partial charge in [-0.15, -0.1) is 0 Å². The van der Waals surface area contributed by atoms with E-state index in [4.69, 9.17) is 0 Å². The molecule has 0 radical (unpaired) electrons. The van der Waals surface area contributed by atoms with E-state index in [2.05, 4.69) is 15.3 Å². The summed E-state index contributed by atoms with van der Waals surface area (Å²) in [6, 6.07) is 1.74. The second kappa shape index (κ2) is 8.73. The maximum absolute atomic E-state index is 14.0. The predicted molar refractivity (Wildman–Crippen MR) is 110 cm³/mol. The van der Waals surface area contributed by atoms with E-state index in [1.807, 2.05) is 32.4 Å². The number of carbonyl (C=O) groups excluding carboxylic acids is 1. The van der Waals surface area contributed by atoms with Gasteiger partial charge in [-0.05, 0) is 35.1 Å². The molecule has 0 saturated carbocycles. The third-order valence-corrected chi connectivity index (χ3v) is 5.48. The quantitative estimate of drug-likeness (QED) is 0.738. The van der Waals surface area contributed by atoms with Crippen molar-refractivity contribution in [1.82, 2.24) is 14.7 Å². The van der Waals surface area contributed by atoms with Gasteiger partial charge in [-0.3, -0.25) is 0 Å². The number of rotatable bonds is 6. The summed E-state index contributed by atoms with van der Waals surface area (Å²) in [6.45, 7) is 7.45. The number of benzene rings is 1. The van der Waals surface area contributed by atoms with Crippen molar-refractivity contribution in [3.8, 4) is 0 Å². The van der Waals surface area contributed by atoms with Gasteiger partial charge in [0.2, 0.25) is 5.95 Å². The molecule has 0 aliphatic carbocycles. The van der Waals surface area contributed by atoms with Crippen LogP contribution in [0.1, 0.15) is 50.7 Å². The van der Waals surface area contributed by atoms with Crippen molar-refractivity contribution < 1.29 is 17.6 Å². The van der Waals surface area contributed by atoms with Gasteiger partial charge in [0.1, 0.15) is 10.7 Å². The lowest BCUT2D eigenvalue weighted by Gasteiger charge is -2.20. The molecule has 0 atom stereocenters. The van der Waals surface area contributed by atoms with E-state index in [1.54, 1.807) is 19.0 Å². The first-order chi connectivity index (χ1) is 13.4. The van der Waals surface area contributed by atoms with E-state index in [1.165, 1.54) is 12.1 Å². The number of nitrogens with zero attached hydrogens (tertiary/aromatic N) is 3. The van der Waals surface area contributed by atoms with Crippen molar-refractivity contribution in [1.29, 1.82) is 0 Å². The molecule has 0 bridgehead atoms. The van der Waals surface area contributed by atoms with E-state index in [0.29, 0.717) is 22.8 Å². The molecule has 0 saturated heterocycles. The van der Waals surface area contributed by atoms with Crippen molar-refractivity contribution in [3.05, 3.63) is 41.5 Å². The molecule has 158 valence electrons. The summed E-state index contributed by atoms with van der Waals surface area (Å²) in [7, 11) is -0.739. The van der Waals surface area contributed by atoms with Crippen LogP contribution >= 0.6 is 0 Å². The Labute approximate surface area is 170 Å².